The van der Waals surface area contributed by atoms with Gasteiger partial charge in [-0.25, -0.2) is 0 Å². The minimum Gasteiger partial charge on any atom is -0.468 e. The van der Waals surface area contributed by atoms with Crippen LogP contribution in [-0.2, 0) is 9.53 Å². The normalized spacial score (nSPS) is 22.1. The second kappa shape index (κ2) is 6.80. The third-order valence-electron chi connectivity index (χ3n) is 3.47. The second-order valence-corrected chi connectivity index (χ2v) is 7.49. The molecule has 1 N–H and O–H groups in total. The van der Waals surface area contributed by atoms with E-state index in [-0.39, 0.29) is 5.97 Å². The van der Waals surface area contributed by atoms with Crippen molar-refractivity contribution in [2.24, 2.45) is 0 Å². The van der Waals surface area contributed by atoms with Gasteiger partial charge in [0.15, 0.2) is 0 Å². The number of carbonyl (C=O) groups is 1. The summed E-state index contributed by atoms with van der Waals surface area (Å²) in [6.45, 7) is 8.62. The lowest BCUT2D eigenvalue weighted by Crippen LogP contribution is -2.52. The van der Waals surface area contributed by atoms with Crippen molar-refractivity contribution in [3.8, 4) is 0 Å². The zero-order valence-corrected chi connectivity index (χ0v) is 13.1. The lowest BCUT2D eigenvalue weighted by molar-refractivity contribution is -0.148. The van der Waals surface area contributed by atoms with E-state index in [4.69, 9.17) is 4.74 Å². The van der Waals surface area contributed by atoms with Gasteiger partial charge in [0.2, 0.25) is 0 Å². The van der Waals surface area contributed by atoms with Gasteiger partial charge in [-0.15, -0.1) is 0 Å². The first-order valence-electron chi connectivity index (χ1n) is 6.92. The Labute approximate surface area is 115 Å². The second-order valence-electron chi connectivity index (χ2n) is 5.61. The highest BCUT2D eigenvalue weighted by atomic mass is 32.2. The van der Waals surface area contributed by atoms with Gasteiger partial charge in [-0.2, -0.15) is 11.8 Å². The maximum atomic E-state index is 12.0. The van der Waals surface area contributed by atoms with Crippen molar-refractivity contribution in [1.82, 2.24) is 5.32 Å². The summed E-state index contributed by atoms with van der Waals surface area (Å²) in [5.74, 6) is -0.133. The van der Waals surface area contributed by atoms with Crippen molar-refractivity contribution in [2.75, 3.05) is 7.11 Å². The van der Waals surface area contributed by atoms with Crippen LogP contribution in [0, 0.1) is 0 Å². The van der Waals surface area contributed by atoms with E-state index in [9.17, 15) is 4.79 Å². The molecule has 0 aromatic heterocycles. The van der Waals surface area contributed by atoms with E-state index < -0.39 is 5.54 Å². The number of carbonyl (C=O) groups excluding carboxylic acids is 1. The molecule has 3 unspecified atom stereocenters. The van der Waals surface area contributed by atoms with Crippen LogP contribution in [0.5, 0.6) is 0 Å². The van der Waals surface area contributed by atoms with Crippen LogP contribution >= 0.6 is 11.8 Å². The average Bonchev–Trinajstić information content (AvgIpc) is 3.10. The Bertz CT molecular complexity index is 281. The molecule has 4 heteroatoms. The summed E-state index contributed by atoms with van der Waals surface area (Å²) in [5.41, 5.74) is -0.532. The summed E-state index contributed by atoms with van der Waals surface area (Å²) in [4.78, 5) is 12.0. The van der Waals surface area contributed by atoms with Crippen LogP contribution in [-0.4, -0.2) is 35.2 Å². The number of esters is 1. The highest BCUT2D eigenvalue weighted by Gasteiger charge is 2.40. The molecule has 3 atom stereocenters. The van der Waals surface area contributed by atoms with Crippen molar-refractivity contribution >= 4 is 17.7 Å². The number of rotatable bonds is 8. The van der Waals surface area contributed by atoms with Crippen molar-refractivity contribution in [3.63, 3.8) is 0 Å². The van der Waals surface area contributed by atoms with Crippen molar-refractivity contribution in [2.45, 2.75) is 75.5 Å². The molecule has 0 bridgehead atoms. The molecule has 1 rings (SSSR count). The first-order chi connectivity index (χ1) is 8.41. The minimum atomic E-state index is -0.532. The van der Waals surface area contributed by atoms with Gasteiger partial charge >= 0.3 is 5.97 Å². The van der Waals surface area contributed by atoms with Gasteiger partial charge in [-0.3, -0.25) is 10.1 Å². The van der Waals surface area contributed by atoms with Crippen molar-refractivity contribution in [3.05, 3.63) is 0 Å². The predicted octanol–water partition coefficient (Wildman–Crippen LogP) is 2.98. The summed E-state index contributed by atoms with van der Waals surface area (Å²) in [6, 6.07) is 0.509. The zero-order valence-electron chi connectivity index (χ0n) is 12.3. The fourth-order valence-corrected chi connectivity index (χ4v) is 3.64. The quantitative estimate of drug-likeness (QED) is 0.690. The molecule has 0 aromatic carbocycles. The smallest absolute Gasteiger partial charge is 0.325 e. The van der Waals surface area contributed by atoms with Gasteiger partial charge in [0, 0.05) is 16.5 Å². The van der Waals surface area contributed by atoms with E-state index in [0.717, 1.165) is 6.42 Å². The number of hydrogen-bond donors (Lipinski definition) is 1. The third kappa shape index (κ3) is 4.81. The van der Waals surface area contributed by atoms with Crippen LogP contribution in [0.1, 0.15) is 53.4 Å². The molecule has 0 radical (unpaired) electrons. The SMILES string of the molecule is CCC(C)SC(C)CC(C)(NC1CC1)C(=O)OC. The molecule has 0 aliphatic heterocycles. The molecule has 0 saturated heterocycles. The predicted molar refractivity (Wildman–Crippen MR) is 78.0 cm³/mol. The van der Waals surface area contributed by atoms with Gasteiger partial charge in [0.25, 0.3) is 0 Å². The number of ether oxygens (including phenoxy) is 1. The maximum absolute atomic E-state index is 12.0. The lowest BCUT2D eigenvalue weighted by atomic mass is 9.96. The summed E-state index contributed by atoms with van der Waals surface area (Å²) in [7, 11) is 1.47. The number of thioether (sulfide) groups is 1. The Kier molecular flexibility index (Phi) is 5.99. The molecule has 1 aliphatic rings. The summed E-state index contributed by atoms with van der Waals surface area (Å²) in [5, 5.41) is 4.55. The van der Waals surface area contributed by atoms with Gasteiger partial charge in [0.1, 0.15) is 5.54 Å². The van der Waals surface area contributed by atoms with Gasteiger partial charge in [-0.05, 0) is 32.6 Å². The number of methoxy groups -OCH3 is 1. The van der Waals surface area contributed by atoms with E-state index in [1.165, 1.54) is 26.4 Å². The third-order valence-corrected chi connectivity index (χ3v) is 4.90. The Morgan fingerprint density at radius 3 is 2.50 bits per heavy atom. The summed E-state index contributed by atoms with van der Waals surface area (Å²) >= 11 is 1.95. The first-order valence-corrected chi connectivity index (χ1v) is 7.87. The molecule has 0 heterocycles. The molecular formula is C14H27NO2S. The molecular weight excluding hydrogens is 246 g/mol. The van der Waals surface area contributed by atoms with Crippen LogP contribution in [0.25, 0.3) is 0 Å². The molecule has 3 nitrogen and oxygen atoms in total. The Balaban J connectivity index is 2.56. The molecule has 1 fully saturated rings. The van der Waals surface area contributed by atoms with E-state index in [1.807, 2.05) is 18.7 Å². The average molecular weight is 273 g/mol. The maximum Gasteiger partial charge on any atom is 0.325 e. The van der Waals surface area contributed by atoms with Crippen LogP contribution in [0.4, 0.5) is 0 Å². The molecule has 1 saturated carbocycles. The molecule has 1 aliphatic carbocycles. The Hall–Kier alpha value is -0.220. The van der Waals surface area contributed by atoms with Gasteiger partial charge in [-0.1, -0.05) is 20.8 Å². The van der Waals surface area contributed by atoms with E-state index in [0.29, 0.717) is 16.5 Å². The van der Waals surface area contributed by atoms with Gasteiger partial charge in [0.05, 0.1) is 7.11 Å². The Morgan fingerprint density at radius 2 is 2.06 bits per heavy atom. The summed E-state index contributed by atoms with van der Waals surface area (Å²) < 4.78 is 4.97. The lowest BCUT2D eigenvalue weighted by Gasteiger charge is -2.31. The fraction of sp³-hybridized carbons (Fsp3) is 0.929. The first kappa shape index (κ1) is 15.8. The molecule has 106 valence electrons. The minimum absolute atomic E-state index is 0.133. The molecule has 0 aromatic rings. The van der Waals surface area contributed by atoms with Crippen molar-refractivity contribution < 1.29 is 9.53 Å². The van der Waals surface area contributed by atoms with E-state index >= 15 is 0 Å². The van der Waals surface area contributed by atoms with Crippen molar-refractivity contribution in [1.29, 1.82) is 0 Å². The molecule has 18 heavy (non-hydrogen) atoms. The van der Waals surface area contributed by atoms with Gasteiger partial charge < -0.3 is 4.74 Å². The fourth-order valence-electron chi connectivity index (χ4n) is 2.22. The number of hydrogen-bond acceptors (Lipinski definition) is 4. The van der Waals surface area contributed by atoms with E-state index in [1.54, 1.807) is 0 Å². The number of nitrogens with one attached hydrogen (secondary N) is 1. The summed E-state index contributed by atoms with van der Waals surface area (Å²) in [6.07, 6.45) is 4.35. The molecule has 0 amide bonds. The van der Waals surface area contributed by atoms with Crippen LogP contribution < -0.4 is 5.32 Å². The van der Waals surface area contributed by atoms with E-state index in [2.05, 4.69) is 26.1 Å². The Morgan fingerprint density at radius 1 is 1.44 bits per heavy atom. The highest BCUT2D eigenvalue weighted by molar-refractivity contribution is 8.00. The standard InChI is InChI=1S/C14H27NO2S/c1-6-10(2)18-11(3)9-14(4,13(16)17-5)15-12-7-8-12/h10-12,15H,6-9H2,1-5H3. The molecule has 0 spiro atoms. The largest absolute Gasteiger partial charge is 0.468 e. The zero-order chi connectivity index (χ0) is 13.8. The highest BCUT2D eigenvalue weighted by Crippen LogP contribution is 2.30. The topological polar surface area (TPSA) is 38.3 Å². The van der Waals surface area contributed by atoms with Crippen LogP contribution in [0.2, 0.25) is 0 Å². The van der Waals surface area contributed by atoms with Crippen LogP contribution in [0.3, 0.4) is 0 Å². The van der Waals surface area contributed by atoms with Crippen LogP contribution in [0.15, 0.2) is 0 Å². The monoisotopic (exact) mass is 273 g/mol.